The number of anilines is 1. The maximum absolute atomic E-state index is 5.88. The molecule has 0 unspecified atom stereocenters. The SMILES string of the molecule is CN1CCN(Cc2cccnc2N)CC1(C)C. The Labute approximate surface area is 103 Å². The summed E-state index contributed by atoms with van der Waals surface area (Å²) in [6.45, 7) is 8.73. The Morgan fingerprint density at radius 1 is 1.41 bits per heavy atom. The number of likely N-dealkylation sites (N-methyl/N-ethyl adjacent to an activating group) is 1. The highest BCUT2D eigenvalue weighted by molar-refractivity contribution is 5.38. The monoisotopic (exact) mass is 234 g/mol. The van der Waals surface area contributed by atoms with E-state index < -0.39 is 0 Å². The summed E-state index contributed by atoms with van der Waals surface area (Å²) in [6.07, 6.45) is 1.74. The van der Waals surface area contributed by atoms with E-state index in [0.29, 0.717) is 5.82 Å². The van der Waals surface area contributed by atoms with Crippen LogP contribution in [-0.2, 0) is 6.54 Å². The first kappa shape index (κ1) is 12.3. The van der Waals surface area contributed by atoms with Crippen molar-refractivity contribution in [3.05, 3.63) is 23.9 Å². The molecule has 2 rings (SSSR count). The first-order valence-corrected chi connectivity index (χ1v) is 6.12. The van der Waals surface area contributed by atoms with E-state index >= 15 is 0 Å². The molecule has 4 nitrogen and oxygen atoms in total. The van der Waals surface area contributed by atoms with Crippen LogP contribution in [0.1, 0.15) is 19.4 Å². The number of nitrogens with zero attached hydrogens (tertiary/aromatic N) is 3. The van der Waals surface area contributed by atoms with Crippen molar-refractivity contribution in [3.8, 4) is 0 Å². The van der Waals surface area contributed by atoms with Crippen molar-refractivity contribution >= 4 is 5.82 Å². The van der Waals surface area contributed by atoms with Crippen LogP contribution in [0.2, 0.25) is 0 Å². The molecule has 2 N–H and O–H groups in total. The van der Waals surface area contributed by atoms with Gasteiger partial charge in [-0.05, 0) is 27.0 Å². The second-order valence-corrected chi connectivity index (χ2v) is 5.49. The number of pyridine rings is 1. The first-order valence-electron chi connectivity index (χ1n) is 6.12. The zero-order valence-electron chi connectivity index (χ0n) is 11.0. The predicted octanol–water partition coefficient (Wildman–Crippen LogP) is 1.19. The van der Waals surface area contributed by atoms with Gasteiger partial charge >= 0.3 is 0 Å². The molecule has 4 heteroatoms. The van der Waals surface area contributed by atoms with Gasteiger partial charge in [-0.2, -0.15) is 0 Å². The number of aromatic nitrogens is 1. The Balaban J connectivity index is 2.04. The molecule has 1 aromatic heterocycles. The molecule has 1 aromatic rings. The molecule has 0 atom stereocenters. The Bertz CT molecular complexity index is 389. The number of piperazine rings is 1. The predicted molar refractivity (Wildman–Crippen MR) is 70.6 cm³/mol. The lowest BCUT2D eigenvalue weighted by Crippen LogP contribution is -2.57. The van der Waals surface area contributed by atoms with Crippen molar-refractivity contribution in [2.24, 2.45) is 0 Å². The van der Waals surface area contributed by atoms with Gasteiger partial charge in [0.1, 0.15) is 5.82 Å². The Morgan fingerprint density at radius 2 is 2.18 bits per heavy atom. The van der Waals surface area contributed by atoms with Crippen LogP contribution in [-0.4, -0.2) is 47.0 Å². The fraction of sp³-hybridized carbons (Fsp3) is 0.615. The minimum absolute atomic E-state index is 0.231. The molecule has 0 aliphatic carbocycles. The van der Waals surface area contributed by atoms with E-state index in [0.717, 1.165) is 31.7 Å². The fourth-order valence-corrected chi connectivity index (χ4v) is 2.30. The largest absolute Gasteiger partial charge is 0.383 e. The molecule has 17 heavy (non-hydrogen) atoms. The molecule has 1 aliphatic heterocycles. The molecule has 0 bridgehead atoms. The van der Waals surface area contributed by atoms with Crippen molar-refractivity contribution in [1.29, 1.82) is 0 Å². The molecule has 0 amide bonds. The van der Waals surface area contributed by atoms with E-state index in [9.17, 15) is 0 Å². The summed E-state index contributed by atoms with van der Waals surface area (Å²) >= 11 is 0. The molecule has 0 aromatic carbocycles. The first-order chi connectivity index (χ1) is 7.99. The summed E-state index contributed by atoms with van der Waals surface area (Å²) in [4.78, 5) is 9.00. The lowest BCUT2D eigenvalue weighted by Gasteiger charge is -2.45. The van der Waals surface area contributed by atoms with E-state index in [1.54, 1.807) is 6.20 Å². The van der Waals surface area contributed by atoms with Crippen LogP contribution in [0.3, 0.4) is 0 Å². The highest BCUT2D eigenvalue weighted by atomic mass is 15.3. The zero-order valence-corrected chi connectivity index (χ0v) is 11.0. The zero-order chi connectivity index (χ0) is 12.5. The van der Waals surface area contributed by atoms with Crippen molar-refractivity contribution in [1.82, 2.24) is 14.8 Å². The Hall–Kier alpha value is -1.13. The standard InChI is InChI=1S/C13H22N4/c1-13(2)10-17(8-7-16(13)3)9-11-5-4-6-15-12(11)14/h4-6H,7-10H2,1-3H3,(H2,14,15). The normalized spacial score (nSPS) is 21.6. The lowest BCUT2D eigenvalue weighted by molar-refractivity contribution is 0.0361. The third-order valence-corrected chi connectivity index (χ3v) is 3.72. The summed E-state index contributed by atoms with van der Waals surface area (Å²) < 4.78 is 0. The van der Waals surface area contributed by atoms with Gasteiger partial charge in [0.25, 0.3) is 0 Å². The molecule has 1 aliphatic rings. The maximum atomic E-state index is 5.88. The average molecular weight is 234 g/mol. The minimum atomic E-state index is 0.231. The molecule has 2 heterocycles. The third-order valence-electron chi connectivity index (χ3n) is 3.72. The number of nitrogen functional groups attached to an aromatic ring is 1. The van der Waals surface area contributed by atoms with E-state index in [-0.39, 0.29) is 5.54 Å². The van der Waals surface area contributed by atoms with E-state index in [2.05, 4.69) is 41.7 Å². The molecule has 1 saturated heterocycles. The molecule has 0 saturated carbocycles. The van der Waals surface area contributed by atoms with Crippen LogP contribution in [0.4, 0.5) is 5.82 Å². The van der Waals surface area contributed by atoms with Gasteiger partial charge in [0.15, 0.2) is 0 Å². The summed E-state index contributed by atoms with van der Waals surface area (Å²) in [5.74, 6) is 0.657. The van der Waals surface area contributed by atoms with Gasteiger partial charge < -0.3 is 5.73 Å². The van der Waals surface area contributed by atoms with Gasteiger partial charge in [0.2, 0.25) is 0 Å². The topological polar surface area (TPSA) is 45.4 Å². The highest BCUT2D eigenvalue weighted by Gasteiger charge is 2.30. The highest BCUT2D eigenvalue weighted by Crippen LogP contribution is 2.21. The van der Waals surface area contributed by atoms with Crippen LogP contribution < -0.4 is 5.73 Å². The van der Waals surface area contributed by atoms with Gasteiger partial charge in [0.05, 0.1) is 0 Å². The summed E-state index contributed by atoms with van der Waals surface area (Å²) in [6, 6.07) is 4.01. The molecule has 0 radical (unpaired) electrons. The number of hydrogen-bond donors (Lipinski definition) is 1. The van der Waals surface area contributed by atoms with Gasteiger partial charge in [-0.15, -0.1) is 0 Å². The quantitative estimate of drug-likeness (QED) is 0.835. The Morgan fingerprint density at radius 3 is 2.82 bits per heavy atom. The van der Waals surface area contributed by atoms with Gasteiger partial charge in [0, 0.05) is 43.5 Å². The van der Waals surface area contributed by atoms with E-state index in [1.807, 2.05) is 6.07 Å². The van der Waals surface area contributed by atoms with Crippen molar-refractivity contribution < 1.29 is 0 Å². The smallest absolute Gasteiger partial charge is 0.127 e. The van der Waals surface area contributed by atoms with Gasteiger partial charge in [-0.25, -0.2) is 4.98 Å². The average Bonchev–Trinajstić information content (AvgIpc) is 2.26. The van der Waals surface area contributed by atoms with Crippen molar-refractivity contribution in [3.63, 3.8) is 0 Å². The van der Waals surface area contributed by atoms with Crippen LogP contribution in [0.5, 0.6) is 0 Å². The molecule has 1 fully saturated rings. The summed E-state index contributed by atoms with van der Waals surface area (Å²) in [5, 5.41) is 0. The molecule has 94 valence electrons. The minimum Gasteiger partial charge on any atom is -0.383 e. The number of nitrogens with two attached hydrogens (primary N) is 1. The van der Waals surface area contributed by atoms with Crippen molar-refractivity contribution in [2.45, 2.75) is 25.9 Å². The van der Waals surface area contributed by atoms with Crippen LogP contribution in [0, 0.1) is 0 Å². The van der Waals surface area contributed by atoms with Crippen molar-refractivity contribution in [2.75, 3.05) is 32.4 Å². The molecule has 0 spiro atoms. The molecular weight excluding hydrogens is 212 g/mol. The Kier molecular flexibility index (Phi) is 3.35. The van der Waals surface area contributed by atoms with Gasteiger partial charge in [-0.3, -0.25) is 9.80 Å². The van der Waals surface area contributed by atoms with Gasteiger partial charge in [-0.1, -0.05) is 6.07 Å². The maximum Gasteiger partial charge on any atom is 0.127 e. The van der Waals surface area contributed by atoms with E-state index in [1.165, 1.54) is 0 Å². The number of hydrogen-bond acceptors (Lipinski definition) is 4. The van der Waals surface area contributed by atoms with Crippen LogP contribution in [0.15, 0.2) is 18.3 Å². The second-order valence-electron chi connectivity index (χ2n) is 5.49. The van der Waals surface area contributed by atoms with E-state index in [4.69, 9.17) is 5.73 Å². The second kappa shape index (κ2) is 4.63. The van der Waals surface area contributed by atoms with Crippen LogP contribution in [0.25, 0.3) is 0 Å². The summed E-state index contributed by atoms with van der Waals surface area (Å²) in [7, 11) is 2.19. The fourth-order valence-electron chi connectivity index (χ4n) is 2.30. The third kappa shape index (κ3) is 2.76. The van der Waals surface area contributed by atoms with Crippen LogP contribution >= 0.6 is 0 Å². The molecular formula is C13H22N4. The lowest BCUT2D eigenvalue weighted by atomic mass is 9.99. The number of rotatable bonds is 2. The summed E-state index contributed by atoms with van der Waals surface area (Å²) in [5.41, 5.74) is 7.25.